The van der Waals surface area contributed by atoms with E-state index in [1.165, 1.54) is 11.3 Å². The van der Waals surface area contributed by atoms with Crippen molar-refractivity contribution >= 4 is 17.2 Å². The predicted molar refractivity (Wildman–Crippen MR) is 86.5 cm³/mol. The summed E-state index contributed by atoms with van der Waals surface area (Å²) in [4.78, 5) is 19.7. The SMILES string of the molecule is COCCC1COCCN1C(=O)c1cnc(-c2cnn(C)c2)s1. The number of thiazole rings is 1. The standard InChI is InChI=1S/C15H20N4O3S/c1-18-9-11(7-17-18)14-16-8-13(23-14)15(20)19-4-6-22-10-12(19)3-5-21-2/h7-9,12H,3-6,10H2,1-2H3. The van der Waals surface area contributed by atoms with E-state index in [1.54, 1.807) is 24.2 Å². The minimum atomic E-state index is 0.0158. The molecule has 0 N–H and O–H groups in total. The van der Waals surface area contributed by atoms with Crippen LogP contribution in [0.4, 0.5) is 0 Å². The molecule has 3 heterocycles. The lowest BCUT2D eigenvalue weighted by Gasteiger charge is -2.35. The Morgan fingerprint density at radius 3 is 3.13 bits per heavy atom. The minimum absolute atomic E-state index is 0.0158. The van der Waals surface area contributed by atoms with Crippen LogP contribution in [0.3, 0.4) is 0 Å². The van der Waals surface area contributed by atoms with Crippen LogP contribution in [0.2, 0.25) is 0 Å². The van der Waals surface area contributed by atoms with E-state index in [4.69, 9.17) is 9.47 Å². The zero-order valence-electron chi connectivity index (χ0n) is 13.3. The lowest BCUT2D eigenvalue weighted by atomic mass is 10.1. The summed E-state index contributed by atoms with van der Waals surface area (Å²) in [6.07, 6.45) is 6.07. The Morgan fingerprint density at radius 1 is 1.52 bits per heavy atom. The van der Waals surface area contributed by atoms with Crippen molar-refractivity contribution in [3.63, 3.8) is 0 Å². The highest BCUT2D eigenvalue weighted by Gasteiger charge is 2.29. The number of methoxy groups -OCH3 is 1. The van der Waals surface area contributed by atoms with Crippen molar-refractivity contribution in [1.29, 1.82) is 0 Å². The molecule has 0 radical (unpaired) electrons. The molecular weight excluding hydrogens is 316 g/mol. The van der Waals surface area contributed by atoms with Crippen LogP contribution in [0.15, 0.2) is 18.6 Å². The number of rotatable bonds is 5. The Morgan fingerprint density at radius 2 is 2.39 bits per heavy atom. The van der Waals surface area contributed by atoms with Gasteiger partial charge in [-0.1, -0.05) is 0 Å². The van der Waals surface area contributed by atoms with Crippen molar-refractivity contribution in [2.75, 3.05) is 33.5 Å². The Bertz CT molecular complexity index is 669. The first-order valence-corrected chi connectivity index (χ1v) is 8.33. The van der Waals surface area contributed by atoms with Crippen molar-refractivity contribution in [1.82, 2.24) is 19.7 Å². The fourth-order valence-electron chi connectivity index (χ4n) is 2.59. The van der Waals surface area contributed by atoms with Crippen molar-refractivity contribution in [3.8, 4) is 10.6 Å². The zero-order chi connectivity index (χ0) is 16.2. The second-order valence-corrected chi connectivity index (χ2v) is 6.47. The van der Waals surface area contributed by atoms with Crippen LogP contribution in [-0.4, -0.2) is 65.1 Å². The summed E-state index contributed by atoms with van der Waals surface area (Å²) in [7, 11) is 3.52. The molecule has 1 saturated heterocycles. The number of carbonyl (C=O) groups is 1. The minimum Gasteiger partial charge on any atom is -0.385 e. The number of aromatic nitrogens is 3. The van der Waals surface area contributed by atoms with Crippen LogP contribution in [0.1, 0.15) is 16.1 Å². The summed E-state index contributed by atoms with van der Waals surface area (Å²) in [6.45, 7) is 2.35. The van der Waals surface area contributed by atoms with E-state index in [2.05, 4.69) is 10.1 Å². The molecule has 2 aromatic heterocycles. The largest absolute Gasteiger partial charge is 0.385 e. The lowest BCUT2D eigenvalue weighted by molar-refractivity contribution is -0.0101. The van der Waals surface area contributed by atoms with Gasteiger partial charge in [0.2, 0.25) is 0 Å². The highest BCUT2D eigenvalue weighted by Crippen LogP contribution is 2.26. The molecule has 0 aliphatic carbocycles. The number of hydrogen-bond donors (Lipinski definition) is 0. The predicted octanol–water partition coefficient (Wildman–Crippen LogP) is 1.42. The molecule has 1 amide bonds. The third kappa shape index (κ3) is 3.60. The number of nitrogens with zero attached hydrogens (tertiary/aromatic N) is 4. The first-order valence-electron chi connectivity index (χ1n) is 7.51. The molecule has 1 aliphatic rings. The van der Waals surface area contributed by atoms with Crippen LogP contribution >= 0.6 is 11.3 Å². The number of aryl methyl sites for hydroxylation is 1. The van der Waals surface area contributed by atoms with E-state index in [9.17, 15) is 4.79 Å². The molecule has 1 unspecified atom stereocenters. The number of amides is 1. The molecule has 1 atom stereocenters. The summed E-state index contributed by atoms with van der Waals surface area (Å²) in [6, 6.07) is 0.0557. The van der Waals surface area contributed by atoms with Crippen LogP contribution in [0.5, 0.6) is 0 Å². The van der Waals surface area contributed by atoms with E-state index >= 15 is 0 Å². The lowest BCUT2D eigenvalue weighted by Crippen LogP contribution is -2.48. The first kappa shape index (κ1) is 16.1. The molecule has 3 rings (SSSR count). The molecular formula is C15H20N4O3S. The van der Waals surface area contributed by atoms with Gasteiger partial charge in [-0.15, -0.1) is 11.3 Å². The molecule has 8 heteroatoms. The fourth-order valence-corrected chi connectivity index (χ4v) is 3.44. The quantitative estimate of drug-likeness (QED) is 0.826. The molecule has 7 nitrogen and oxygen atoms in total. The van der Waals surface area contributed by atoms with Crippen LogP contribution in [0, 0.1) is 0 Å². The average Bonchev–Trinajstić information content (AvgIpc) is 3.21. The van der Waals surface area contributed by atoms with Gasteiger partial charge in [0, 0.05) is 39.1 Å². The first-order chi connectivity index (χ1) is 11.2. The third-order valence-electron chi connectivity index (χ3n) is 3.81. The second kappa shape index (κ2) is 7.20. The summed E-state index contributed by atoms with van der Waals surface area (Å²) < 4.78 is 12.4. The summed E-state index contributed by atoms with van der Waals surface area (Å²) in [5.41, 5.74) is 0.925. The van der Waals surface area contributed by atoms with Crippen molar-refractivity contribution in [2.24, 2.45) is 7.05 Å². The summed E-state index contributed by atoms with van der Waals surface area (Å²) in [5, 5.41) is 4.95. The van der Waals surface area contributed by atoms with E-state index in [1.807, 2.05) is 18.1 Å². The molecule has 1 fully saturated rings. The molecule has 0 saturated carbocycles. The zero-order valence-corrected chi connectivity index (χ0v) is 14.1. The van der Waals surface area contributed by atoms with Crippen molar-refractivity contribution < 1.29 is 14.3 Å². The van der Waals surface area contributed by atoms with E-state index in [0.29, 0.717) is 31.2 Å². The van der Waals surface area contributed by atoms with Gasteiger partial charge in [-0.2, -0.15) is 5.10 Å². The molecule has 0 spiro atoms. The smallest absolute Gasteiger partial charge is 0.265 e. The van der Waals surface area contributed by atoms with Crippen LogP contribution in [0.25, 0.3) is 10.6 Å². The van der Waals surface area contributed by atoms with E-state index in [-0.39, 0.29) is 11.9 Å². The molecule has 23 heavy (non-hydrogen) atoms. The topological polar surface area (TPSA) is 69.5 Å². The number of ether oxygens (including phenoxy) is 2. The molecule has 124 valence electrons. The van der Waals surface area contributed by atoms with E-state index in [0.717, 1.165) is 17.0 Å². The summed E-state index contributed by atoms with van der Waals surface area (Å²) in [5.74, 6) is 0.0158. The van der Waals surface area contributed by atoms with Gasteiger partial charge in [0.05, 0.1) is 31.6 Å². The van der Waals surface area contributed by atoms with Crippen LogP contribution < -0.4 is 0 Å². The molecule has 2 aromatic rings. The fraction of sp³-hybridized carbons (Fsp3) is 0.533. The Kier molecular flexibility index (Phi) is 5.04. The van der Waals surface area contributed by atoms with Gasteiger partial charge >= 0.3 is 0 Å². The summed E-state index contributed by atoms with van der Waals surface area (Å²) >= 11 is 1.40. The highest BCUT2D eigenvalue weighted by atomic mass is 32.1. The number of carbonyl (C=O) groups excluding carboxylic acids is 1. The molecule has 1 aliphatic heterocycles. The highest BCUT2D eigenvalue weighted by molar-refractivity contribution is 7.16. The normalized spacial score (nSPS) is 18.3. The van der Waals surface area contributed by atoms with Gasteiger partial charge in [-0.05, 0) is 6.42 Å². The Balaban J connectivity index is 1.75. The maximum Gasteiger partial charge on any atom is 0.265 e. The number of hydrogen-bond acceptors (Lipinski definition) is 6. The maximum atomic E-state index is 12.8. The molecule has 0 bridgehead atoms. The van der Waals surface area contributed by atoms with Gasteiger partial charge < -0.3 is 14.4 Å². The van der Waals surface area contributed by atoms with Crippen molar-refractivity contribution in [2.45, 2.75) is 12.5 Å². The second-order valence-electron chi connectivity index (χ2n) is 5.44. The van der Waals surface area contributed by atoms with Gasteiger partial charge in [-0.3, -0.25) is 9.48 Å². The van der Waals surface area contributed by atoms with Gasteiger partial charge in [0.25, 0.3) is 5.91 Å². The number of morpholine rings is 1. The third-order valence-corrected chi connectivity index (χ3v) is 4.85. The van der Waals surface area contributed by atoms with Gasteiger partial charge in [0.15, 0.2) is 0 Å². The van der Waals surface area contributed by atoms with Crippen LogP contribution in [-0.2, 0) is 16.5 Å². The van der Waals surface area contributed by atoms with E-state index < -0.39 is 0 Å². The molecule has 0 aromatic carbocycles. The van der Waals surface area contributed by atoms with Gasteiger partial charge in [-0.25, -0.2) is 4.98 Å². The maximum absolute atomic E-state index is 12.8. The Labute approximate surface area is 138 Å². The monoisotopic (exact) mass is 336 g/mol. The van der Waals surface area contributed by atoms with Gasteiger partial charge in [0.1, 0.15) is 9.88 Å². The Hall–Kier alpha value is -1.77. The van der Waals surface area contributed by atoms with Crippen molar-refractivity contribution in [3.05, 3.63) is 23.5 Å². The average molecular weight is 336 g/mol.